The molecule has 2 aromatic carbocycles. The van der Waals surface area contributed by atoms with Crippen LogP contribution in [-0.2, 0) is 13.0 Å². The summed E-state index contributed by atoms with van der Waals surface area (Å²) in [5, 5.41) is 13.5. The number of aliphatic hydroxyl groups excluding tert-OH is 1. The second-order valence-corrected chi connectivity index (χ2v) is 5.34. The monoisotopic (exact) mass is 293 g/mol. The summed E-state index contributed by atoms with van der Waals surface area (Å²) in [6.45, 7) is 2.97. The third-order valence-electron chi connectivity index (χ3n) is 3.78. The first-order chi connectivity index (χ1) is 10.8. The smallest absolute Gasteiger partial charge is 0.137 e. The van der Waals surface area contributed by atoms with E-state index in [9.17, 15) is 0 Å². The van der Waals surface area contributed by atoms with Crippen molar-refractivity contribution < 1.29 is 5.11 Å². The first kappa shape index (κ1) is 14.5. The quantitative estimate of drug-likeness (QED) is 0.759. The summed E-state index contributed by atoms with van der Waals surface area (Å²) in [6, 6.07) is 14.1. The lowest BCUT2D eigenvalue weighted by Gasteiger charge is -2.10. The van der Waals surface area contributed by atoms with E-state index in [-0.39, 0.29) is 6.61 Å². The fourth-order valence-electron chi connectivity index (χ4n) is 2.55. The minimum atomic E-state index is 0.0880. The van der Waals surface area contributed by atoms with E-state index >= 15 is 0 Å². The summed E-state index contributed by atoms with van der Waals surface area (Å²) in [4.78, 5) is 8.68. The van der Waals surface area contributed by atoms with E-state index in [1.54, 1.807) is 6.33 Å². The summed E-state index contributed by atoms with van der Waals surface area (Å²) in [5.41, 5.74) is 4.31. The topological polar surface area (TPSA) is 58.0 Å². The van der Waals surface area contributed by atoms with Crippen LogP contribution in [-0.4, -0.2) is 21.6 Å². The van der Waals surface area contributed by atoms with Gasteiger partial charge in [-0.05, 0) is 36.1 Å². The third kappa shape index (κ3) is 3.07. The summed E-state index contributed by atoms with van der Waals surface area (Å²) in [6.07, 6.45) is 2.50. The molecule has 4 heteroatoms. The van der Waals surface area contributed by atoms with Crippen molar-refractivity contribution in [1.82, 2.24) is 9.97 Å². The van der Waals surface area contributed by atoms with Crippen LogP contribution in [0.3, 0.4) is 0 Å². The first-order valence-electron chi connectivity index (χ1n) is 7.41. The molecule has 0 saturated heterocycles. The van der Waals surface area contributed by atoms with Crippen molar-refractivity contribution in [2.24, 2.45) is 0 Å². The van der Waals surface area contributed by atoms with Crippen molar-refractivity contribution in [3.63, 3.8) is 0 Å². The highest BCUT2D eigenvalue weighted by atomic mass is 16.3. The predicted octanol–water partition coefficient (Wildman–Crippen LogP) is 3.09. The number of aliphatic hydroxyl groups is 1. The summed E-state index contributed by atoms with van der Waals surface area (Å²) < 4.78 is 0. The number of hydrogen-bond acceptors (Lipinski definition) is 4. The van der Waals surface area contributed by atoms with Gasteiger partial charge in [-0.2, -0.15) is 0 Å². The Morgan fingerprint density at radius 2 is 1.77 bits per heavy atom. The van der Waals surface area contributed by atoms with Gasteiger partial charge in [0.25, 0.3) is 0 Å². The number of nitrogens with one attached hydrogen (secondary N) is 1. The number of hydrogen-bond donors (Lipinski definition) is 2. The van der Waals surface area contributed by atoms with Crippen molar-refractivity contribution in [1.29, 1.82) is 0 Å². The molecule has 1 heterocycles. The number of fused-ring (bicyclic) bond motifs is 1. The molecular weight excluding hydrogens is 274 g/mol. The molecule has 0 fully saturated rings. The zero-order valence-corrected chi connectivity index (χ0v) is 12.6. The van der Waals surface area contributed by atoms with Gasteiger partial charge in [-0.25, -0.2) is 9.97 Å². The Balaban J connectivity index is 1.71. The SMILES string of the molecule is Cc1cccc2ncnc(NCCc3ccc(CO)cc3)c12. The van der Waals surface area contributed by atoms with Crippen molar-refractivity contribution >= 4 is 16.7 Å². The van der Waals surface area contributed by atoms with Crippen LogP contribution < -0.4 is 5.32 Å². The minimum Gasteiger partial charge on any atom is -0.392 e. The molecule has 0 bridgehead atoms. The van der Waals surface area contributed by atoms with E-state index in [2.05, 4.69) is 40.4 Å². The fourth-order valence-corrected chi connectivity index (χ4v) is 2.55. The van der Waals surface area contributed by atoms with Gasteiger partial charge in [-0.3, -0.25) is 0 Å². The molecular formula is C18H19N3O. The molecule has 2 N–H and O–H groups in total. The lowest BCUT2D eigenvalue weighted by Crippen LogP contribution is -2.07. The third-order valence-corrected chi connectivity index (χ3v) is 3.78. The van der Waals surface area contributed by atoms with E-state index in [0.717, 1.165) is 35.2 Å². The molecule has 4 nitrogen and oxygen atoms in total. The predicted molar refractivity (Wildman–Crippen MR) is 88.8 cm³/mol. The van der Waals surface area contributed by atoms with Crippen molar-refractivity contribution in [3.8, 4) is 0 Å². The van der Waals surface area contributed by atoms with Crippen LogP contribution in [0.5, 0.6) is 0 Å². The maximum absolute atomic E-state index is 9.05. The summed E-state index contributed by atoms with van der Waals surface area (Å²) in [5.74, 6) is 0.884. The first-order valence-corrected chi connectivity index (χ1v) is 7.41. The molecule has 0 atom stereocenters. The average molecular weight is 293 g/mol. The van der Waals surface area contributed by atoms with Crippen LogP contribution in [0.1, 0.15) is 16.7 Å². The molecule has 0 unspecified atom stereocenters. The molecule has 1 aromatic heterocycles. The largest absolute Gasteiger partial charge is 0.392 e. The highest BCUT2D eigenvalue weighted by molar-refractivity contribution is 5.91. The zero-order valence-electron chi connectivity index (χ0n) is 12.6. The molecule has 3 rings (SSSR count). The van der Waals surface area contributed by atoms with Gasteiger partial charge in [-0.15, -0.1) is 0 Å². The fraction of sp³-hybridized carbons (Fsp3) is 0.222. The molecule has 112 valence electrons. The second kappa shape index (κ2) is 6.54. The summed E-state index contributed by atoms with van der Waals surface area (Å²) in [7, 11) is 0. The normalized spacial score (nSPS) is 10.8. The molecule has 0 saturated carbocycles. The van der Waals surface area contributed by atoms with Crippen LogP contribution in [0.2, 0.25) is 0 Å². The van der Waals surface area contributed by atoms with Crippen LogP contribution in [0.25, 0.3) is 10.9 Å². The lowest BCUT2D eigenvalue weighted by atomic mass is 10.1. The molecule has 0 radical (unpaired) electrons. The van der Waals surface area contributed by atoms with E-state index in [1.165, 1.54) is 11.1 Å². The van der Waals surface area contributed by atoms with Gasteiger partial charge in [0.15, 0.2) is 0 Å². The van der Waals surface area contributed by atoms with Crippen LogP contribution in [0.4, 0.5) is 5.82 Å². The van der Waals surface area contributed by atoms with Gasteiger partial charge in [-0.1, -0.05) is 36.4 Å². The maximum Gasteiger partial charge on any atom is 0.137 e. The molecule has 0 aliphatic carbocycles. The van der Waals surface area contributed by atoms with E-state index < -0.39 is 0 Å². The number of nitrogens with zero attached hydrogens (tertiary/aromatic N) is 2. The maximum atomic E-state index is 9.05. The van der Waals surface area contributed by atoms with Crippen LogP contribution in [0.15, 0.2) is 48.8 Å². The Bertz CT molecular complexity index is 764. The highest BCUT2D eigenvalue weighted by Gasteiger charge is 2.05. The van der Waals surface area contributed by atoms with Crippen molar-refractivity contribution in [2.75, 3.05) is 11.9 Å². The number of anilines is 1. The molecule has 22 heavy (non-hydrogen) atoms. The van der Waals surface area contributed by atoms with Crippen molar-refractivity contribution in [2.45, 2.75) is 20.0 Å². The zero-order chi connectivity index (χ0) is 15.4. The Morgan fingerprint density at radius 1 is 1.00 bits per heavy atom. The molecule has 3 aromatic rings. The second-order valence-electron chi connectivity index (χ2n) is 5.34. The minimum absolute atomic E-state index is 0.0880. The summed E-state index contributed by atoms with van der Waals surface area (Å²) >= 11 is 0. The number of rotatable bonds is 5. The van der Waals surface area contributed by atoms with Crippen LogP contribution >= 0.6 is 0 Å². The van der Waals surface area contributed by atoms with E-state index in [0.29, 0.717) is 0 Å². The van der Waals surface area contributed by atoms with Gasteiger partial charge in [0.05, 0.1) is 12.1 Å². The molecule has 0 aliphatic rings. The standard InChI is InChI=1S/C18H19N3O/c1-13-3-2-4-16-17(13)18(21-12-20-16)19-10-9-14-5-7-15(11-22)8-6-14/h2-8,12,22H,9-11H2,1H3,(H,19,20,21). The van der Waals surface area contributed by atoms with Crippen LogP contribution in [0, 0.1) is 6.92 Å². The number of aromatic nitrogens is 2. The Morgan fingerprint density at radius 3 is 2.55 bits per heavy atom. The van der Waals surface area contributed by atoms with Gasteiger partial charge in [0, 0.05) is 11.9 Å². The van der Waals surface area contributed by atoms with Gasteiger partial charge in [0.2, 0.25) is 0 Å². The van der Waals surface area contributed by atoms with Crippen molar-refractivity contribution in [3.05, 3.63) is 65.5 Å². The number of benzene rings is 2. The van der Waals surface area contributed by atoms with E-state index in [1.807, 2.05) is 24.3 Å². The van der Waals surface area contributed by atoms with Gasteiger partial charge < -0.3 is 10.4 Å². The Labute approximate surface area is 129 Å². The highest BCUT2D eigenvalue weighted by Crippen LogP contribution is 2.22. The van der Waals surface area contributed by atoms with Gasteiger partial charge in [0.1, 0.15) is 12.1 Å². The molecule has 0 spiro atoms. The molecule has 0 aliphatic heterocycles. The average Bonchev–Trinajstić information content (AvgIpc) is 2.56. The number of aryl methyl sites for hydroxylation is 1. The Kier molecular flexibility index (Phi) is 4.30. The van der Waals surface area contributed by atoms with Gasteiger partial charge >= 0.3 is 0 Å². The molecule has 0 amide bonds. The van der Waals surface area contributed by atoms with E-state index in [4.69, 9.17) is 5.11 Å². The Hall–Kier alpha value is -2.46. The lowest BCUT2D eigenvalue weighted by molar-refractivity contribution is 0.282.